The zero-order valence-electron chi connectivity index (χ0n) is 10.3. The van der Waals surface area contributed by atoms with Gasteiger partial charge < -0.3 is 10.8 Å². The third-order valence-electron chi connectivity index (χ3n) is 2.82. The van der Waals surface area contributed by atoms with Crippen LogP contribution in [0.25, 0.3) is 0 Å². The van der Waals surface area contributed by atoms with E-state index in [0.29, 0.717) is 5.75 Å². The Bertz CT molecular complexity index is 340. The number of hydrogen-bond donors (Lipinski definition) is 2. The number of benzene rings is 1. The van der Waals surface area contributed by atoms with E-state index < -0.39 is 0 Å². The Balaban J connectivity index is 3.26. The second kappa shape index (κ2) is 3.86. The van der Waals surface area contributed by atoms with Gasteiger partial charge in [-0.3, -0.25) is 0 Å². The molecule has 3 N–H and O–H groups in total. The van der Waals surface area contributed by atoms with Gasteiger partial charge in [0.05, 0.1) is 0 Å². The standard InChI is InChI=1S/C13H21NO/c1-8-6-10(15)7-9(2)11(8)12(14)13(3,4)5/h6-7,12,15H,14H2,1-5H3/t12-/m0/s1. The molecule has 0 spiro atoms. The molecule has 0 bridgehead atoms. The highest BCUT2D eigenvalue weighted by Crippen LogP contribution is 2.35. The minimum atomic E-state index is -0.00176. The van der Waals surface area contributed by atoms with Crippen LogP contribution in [0.2, 0.25) is 0 Å². The number of hydrogen-bond acceptors (Lipinski definition) is 2. The van der Waals surface area contributed by atoms with Crippen LogP contribution in [-0.2, 0) is 0 Å². The normalized spacial score (nSPS) is 14.0. The van der Waals surface area contributed by atoms with Gasteiger partial charge in [0, 0.05) is 6.04 Å². The lowest BCUT2D eigenvalue weighted by Gasteiger charge is -2.30. The fraction of sp³-hybridized carbons (Fsp3) is 0.538. The molecule has 1 aromatic rings. The highest BCUT2D eigenvalue weighted by molar-refractivity contribution is 5.42. The number of phenolic OH excluding ortho intramolecular Hbond substituents is 1. The first kappa shape index (κ1) is 12.1. The molecule has 1 rings (SSSR count). The Morgan fingerprint density at radius 1 is 1.13 bits per heavy atom. The van der Waals surface area contributed by atoms with Crippen LogP contribution >= 0.6 is 0 Å². The van der Waals surface area contributed by atoms with E-state index >= 15 is 0 Å². The monoisotopic (exact) mass is 207 g/mol. The van der Waals surface area contributed by atoms with Crippen LogP contribution in [-0.4, -0.2) is 5.11 Å². The molecule has 0 saturated heterocycles. The maximum atomic E-state index is 9.46. The van der Waals surface area contributed by atoms with Gasteiger partial charge in [-0.05, 0) is 48.1 Å². The summed E-state index contributed by atoms with van der Waals surface area (Å²) in [5.41, 5.74) is 9.56. The van der Waals surface area contributed by atoms with Gasteiger partial charge >= 0.3 is 0 Å². The first-order valence-corrected chi connectivity index (χ1v) is 5.29. The van der Waals surface area contributed by atoms with Crippen molar-refractivity contribution in [3.05, 3.63) is 28.8 Å². The topological polar surface area (TPSA) is 46.2 Å². The van der Waals surface area contributed by atoms with Crippen molar-refractivity contribution in [2.45, 2.75) is 40.7 Å². The van der Waals surface area contributed by atoms with E-state index in [0.717, 1.165) is 16.7 Å². The van der Waals surface area contributed by atoms with Crippen LogP contribution < -0.4 is 5.73 Å². The zero-order valence-corrected chi connectivity index (χ0v) is 10.3. The van der Waals surface area contributed by atoms with E-state index in [9.17, 15) is 5.11 Å². The summed E-state index contributed by atoms with van der Waals surface area (Å²) in [7, 11) is 0. The molecule has 2 nitrogen and oxygen atoms in total. The quantitative estimate of drug-likeness (QED) is 0.743. The van der Waals surface area contributed by atoms with E-state index in [1.807, 2.05) is 13.8 Å². The van der Waals surface area contributed by atoms with Crippen molar-refractivity contribution in [3.63, 3.8) is 0 Å². The van der Waals surface area contributed by atoms with Crippen LogP contribution in [0.3, 0.4) is 0 Å². The third kappa shape index (κ3) is 2.51. The van der Waals surface area contributed by atoms with E-state index in [2.05, 4.69) is 20.8 Å². The minimum Gasteiger partial charge on any atom is -0.508 e. The van der Waals surface area contributed by atoms with Crippen LogP contribution in [0.5, 0.6) is 5.75 Å². The maximum absolute atomic E-state index is 9.46. The average molecular weight is 207 g/mol. The lowest BCUT2D eigenvalue weighted by Crippen LogP contribution is -2.27. The van der Waals surface area contributed by atoms with Crippen molar-refractivity contribution in [2.75, 3.05) is 0 Å². The molecule has 0 aromatic heterocycles. The molecule has 1 atom stereocenters. The zero-order chi connectivity index (χ0) is 11.8. The molecule has 0 saturated carbocycles. The van der Waals surface area contributed by atoms with Gasteiger partial charge in [-0.25, -0.2) is 0 Å². The first-order valence-electron chi connectivity index (χ1n) is 5.29. The predicted molar refractivity (Wildman–Crippen MR) is 64.0 cm³/mol. The Morgan fingerprint density at radius 2 is 1.53 bits per heavy atom. The highest BCUT2D eigenvalue weighted by atomic mass is 16.3. The van der Waals surface area contributed by atoms with Crippen LogP contribution in [0.4, 0.5) is 0 Å². The largest absolute Gasteiger partial charge is 0.508 e. The van der Waals surface area contributed by atoms with Crippen molar-refractivity contribution in [1.82, 2.24) is 0 Å². The fourth-order valence-corrected chi connectivity index (χ4v) is 1.88. The third-order valence-corrected chi connectivity index (χ3v) is 2.82. The molecule has 2 heteroatoms. The summed E-state index contributed by atoms with van der Waals surface area (Å²) in [6, 6.07) is 3.54. The SMILES string of the molecule is Cc1cc(O)cc(C)c1[C@H](N)C(C)(C)C. The van der Waals surface area contributed by atoms with Crippen LogP contribution in [0.1, 0.15) is 43.5 Å². The maximum Gasteiger partial charge on any atom is 0.116 e. The molecule has 15 heavy (non-hydrogen) atoms. The van der Waals surface area contributed by atoms with Gasteiger partial charge in [-0.2, -0.15) is 0 Å². The second-order valence-electron chi connectivity index (χ2n) is 5.34. The highest BCUT2D eigenvalue weighted by Gasteiger charge is 2.25. The minimum absolute atomic E-state index is 0.00176. The number of nitrogens with two attached hydrogens (primary N) is 1. The number of rotatable bonds is 1. The molecule has 0 amide bonds. The van der Waals surface area contributed by atoms with Gasteiger partial charge in [0.25, 0.3) is 0 Å². The number of phenols is 1. The van der Waals surface area contributed by atoms with Crippen molar-refractivity contribution in [1.29, 1.82) is 0 Å². The summed E-state index contributed by atoms with van der Waals surface area (Å²) in [6.45, 7) is 10.4. The van der Waals surface area contributed by atoms with E-state index in [-0.39, 0.29) is 11.5 Å². The summed E-state index contributed by atoms with van der Waals surface area (Å²) in [6.07, 6.45) is 0. The molecule has 0 radical (unpaired) electrons. The predicted octanol–water partition coefficient (Wildman–Crippen LogP) is 3.05. The van der Waals surface area contributed by atoms with Crippen LogP contribution in [0.15, 0.2) is 12.1 Å². The van der Waals surface area contributed by atoms with E-state index in [1.165, 1.54) is 0 Å². The molecule has 0 aliphatic carbocycles. The van der Waals surface area contributed by atoms with Gasteiger partial charge in [-0.15, -0.1) is 0 Å². The Kier molecular flexibility index (Phi) is 3.10. The summed E-state index contributed by atoms with van der Waals surface area (Å²) in [5.74, 6) is 0.315. The van der Waals surface area contributed by atoms with Crippen LogP contribution in [0, 0.1) is 19.3 Å². The van der Waals surface area contributed by atoms with E-state index in [4.69, 9.17) is 5.73 Å². The Hall–Kier alpha value is -1.02. The van der Waals surface area contributed by atoms with Gasteiger partial charge in [0.15, 0.2) is 0 Å². The average Bonchev–Trinajstić information content (AvgIpc) is 1.99. The van der Waals surface area contributed by atoms with Crippen molar-refractivity contribution in [2.24, 2.45) is 11.1 Å². The summed E-state index contributed by atoms with van der Waals surface area (Å²) >= 11 is 0. The van der Waals surface area contributed by atoms with Crippen molar-refractivity contribution in [3.8, 4) is 5.75 Å². The van der Waals surface area contributed by atoms with Gasteiger partial charge in [0.2, 0.25) is 0 Å². The Morgan fingerprint density at radius 3 is 1.87 bits per heavy atom. The van der Waals surface area contributed by atoms with Gasteiger partial charge in [0.1, 0.15) is 5.75 Å². The molecule has 0 aliphatic rings. The molecule has 84 valence electrons. The number of aryl methyl sites for hydroxylation is 2. The summed E-state index contributed by atoms with van der Waals surface area (Å²) < 4.78 is 0. The molecular formula is C13H21NO. The van der Waals surface area contributed by atoms with E-state index in [1.54, 1.807) is 12.1 Å². The first-order chi connectivity index (χ1) is 6.73. The van der Waals surface area contributed by atoms with Gasteiger partial charge in [-0.1, -0.05) is 20.8 Å². The molecular weight excluding hydrogens is 186 g/mol. The molecule has 1 aromatic carbocycles. The smallest absolute Gasteiger partial charge is 0.116 e. The fourth-order valence-electron chi connectivity index (χ4n) is 1.88. The summed E-state index contributed by atoms with van der Waals surface area (Å²) in [5, 5.41) is 9.46. The summed E-state index contributed by atoms with van der Waals surface area (Å²) in [4.78, 5) is 0. The number of aromatic hydroxyl groups is 1. The molecule has 0 unspecified atom stereocenters. The lowest BCUT2D eigenvalue weighted by molar-refractivity contribution is 0.324. The van der Waals surface area contributed by atoms with Crippen molar-refractivity contribution < 1.29 is 5.11 Å². The van der Waals surface area contributed by atoms with Crippen molar-refractivity contribution >= 4 is 0 Å². The molecule has 0 heterocycles. The second-order valence-corrected chi connectivity index (χ2v) is 5.34. The molecule has 0 aliphatic heterocycles. The Labute approximate surface area is 92.1 Å². The lowest BCUT2D eigenvalue weighted by atomic mass is 9.80. The molecule has 0 fully saturated rings.